The zero-order valence-corrected chi connectivity index (χ0v) is 18.6. The quantitative estimate of drug-likeness (QED) is 0.504. The Morgan fingerprint density at radius 2 is 1.87 bits per heavy atom. The van der Waals surface area contributed by atoms with Crippen molar-refractivity contribution in [3.05, 3.63) is 56.8 Å². The van der Waals surface area contributed by atoms with E-state index in [2.05, 4.69) is 31.4 Å². The third kappa shape index (κ3) is 4.77. The number of rotatable bonds is 7. The number of benzene rings is 2. The first kappa shape index (κ1) is 21.7. The third-order valence-corrected chi connectivity index (χ3v) is 5.57. The number of nitrogens with one attached hydrogen (secondary N) is 1. The number of ether oxygens (including phenoxy) is 3. The van der Waals surface area contributed by atoms with Gasteiger partial charge in [-0.3, -0.25) is 10.1 Å². The molecule has 1 amide bonds. The number of hydrogen-bond donors (Lipinski definition) is 1. The fourth-order valence-corrected chi connectivity index (χ4v) is 3.80. The first-order valence-corrected chi connectivity index (χ1v) is 10.1. The summed E-state index contributed by atoms with van der Waals surface area (Å²) in [6.45, 7) is 0. The molecule has 0 atom stereocenters. The van der Waals surface area contributed by atoms with E-state index >= 15 is 0 Å². The van der Waals surface area contributed by atoms with E-state index in [1.54, 1.807) is 18.2 Å². The van der Waals surface area contributed by atoms with Gasteiger partial charge in [0.05, 0.1) is 25.8 Å². The van der Waals surface area contributed by atoms with Gasteiger partial charge in [-0.25, -0.2) is 4.39 Å². The van der Waals surface area contributed by atoms with Crippen molar-refractivity contribution in [1.82, 2.24) is 10.2 Å². The van der Waals surface area contributed by atoms with Crippen LogP contribution in [0.15, 0.2) is 34.8 Å². The van der Waals surface area contributed by atoms with Gasteiger partial charge < -0.3 is 14.2 Å². The summed E-state index contributed by atoms with van der Waals surface area (Å²) in [5, 5.41) is 11.4. The summed E-state index contributed by atoms with van der Waals surface area (Å²) in [5.74, 6) is 0.532. The zero-order chi connectivity index (χ0) is 21.7. The van der Waals surface area contributed by atoms with Gasteiger partial charge in [-0.2, -0.15) is 0 Å². The number of carbonyl (C=O) groups excluding carboxylic acids is 1. The van der Waals surface area contributed by atoms with Crippen LogP contribution in [0.3, 0.4) is 0 Å². The molecular weight excluding hydrogens is 477 g/mol. The molecule has 0 bridgehead atoms. The van der Waals surface area contributed by atoms with Crippen LogP contribution in [-0.4, -0.2) is 37.4 Å². The minimum absolute atomic E-state index is 0.198. The van der Waals surface area contributed by atoms with Crippen molar-refractivity contribution in [2.45, 2.75) is 0 Å². The summed E-state index contributed by atoms with van der Waals surface area (Å²) in [5.41, 5.74) is 0.966. The third-order valence-electron chi connectivity index (χ3n) is 3.95. The number of carbonyl (C=O) groups is 1. The standard InChI is InChI=1S/C20H17BrFN3O4S/c1-27-14-10-11(16(21)18(29-3)17(14)28-2)7-8-15-24-25-20(30-15)23-19(26)12-5-4-6-13(22)9-12/h4-10H,1-3H3,(H,23,25,26). The SMILES string of the molecule is COc1cc(C=Cc2nnc(NC(=O)c3cccc(F)c3)s2)c(Br)c(OC)c1OC. The number of hydrogen-bond acceptors (Lipinski definition) is 7. The number of aromatic nitrogens is 2. The van der Waals surface area contributed by atoms with E-state index in [-0.39, 0.29) is 5.56 Å². The predicted octanol–water partition coefficient (Wildman–Crippen LogP) is 4.89. The molecule has 0 unspecified atom stereocenters. The van der Waals surface area contributed by atoms with E-state index in [1.165, 1.54) is 50.9 Å². The van der Waals surface area contributed by atoms with Gasteiger partial charge in [0.2, 0.25) is 10.9 Å². The van der Waals surface area contributed by atoms with Gasteiger partial charge in [-0.1, -0.05) is 23.5 Å². The summed E-state index contributed by atoms with van der Waals surface area (Å²) < 4.78 is 30.1. The molecule has 1 aromatic heterocycles. The second-order valence-electron chi connectivity index (χ2n) is 5.79. The van der Waals surface area contributed by atoms with Crippen LogP contribution in [0.4, 0.5) is 9.52 Å². The molecule has 2 aromatic carbocycles. The van der Waals surface area contributed by atoms with Crippen molar-refractivity contribution in [3.8, 4) is 17.2 Å². The van der Waals surface area contributed by atoms with Crippen molar-refractivity contribution < 1.29 is 23.4 Å². The van der Waals surface area contributed by atoms with Crippen molar-refractivity contribution in [2.75, 3.05) is 26.6 Å². The molecule has 156 valence electrons. The molecule has 0 aliphatic rings. The summed E-state index contributed by atoms with van der Waals surface area (Å²) >= 11 is 4.68. The first-order chi connectivity index (χ1) is 14.5. The topological polar surface area (TPSA) is 82.6 Å². The van der Waals surface area contributed by atoms with Gasteiger partial charge in [0, 0.05) is 5.56 Å². The summed E-state index contributed by atoms with van der Waals surface area (Å²) in [6, 6.07) is 7.19. The van der Waals surface area contributed by atoms with Crippen LogP contribution >= 0.6 is 27.3 Å². The summed E-state index contributed by atoms with van der Waals surface area (Å²) in [4.78, 5) is 12.2. The van der Waals surface area contributed by atoms with E-state index < -0.39 is 11.7 Å². The lowest BCUT2D eigenvalue weighted by Gasteiger charge is -2.15. The van der Waals surface area contributed by atoms with Gasteiger partial charge in [0.1, 0.15) is 10.8 Å². The van der Waals surface area contributed by atoms with Gasteiger partial charge in [0.25, 0.3) is 5.91 Å². The lowest BCUT2D eigenvalue weighted by atomic mass is 10.1. The van der Waals surface area contributed by atoms with Gasteiger partial charge in [-0.15, -0.1) is 10.2 Å². The molecule has 7 nitrogen and oxygen atoms in total. The number of anilines is 1. The highest BCUT2D eigenvalue weighted by molar-refractivity contribution is 9.10. The second-order valence-corrected chi connectivity index (χ2v) is 7.59. The highest BCUT2D eigenvalue weighted by atomic mass is 79.9. The monoisotopic (exact) mass is 493 g/mol. The Morgan fingerprint density at radius 3 is 2.53 bits per heavy atom. The minimum Gasteiger partial charge on any atom is -0.493 e. The van der Waals surface area contributed by atoms with E-state index in [4.69, 9.17) is 14.2 Å². The molecule has 1 N–H and O–H groups in total. The molecule has 0 spiro atoms. The fraction of sp³-hybridized carbons (Fsp3) is 0.150. The zero-order valence-electron chi connectivity index (χ0n) is 16.2. The number of amides is 1. The maximum atomic E-state index is 13.3. The Kier molecular flexibility index (Phi) is 7.01. The molecule has 0 radical (unpaired) electrons. The average molecular weight is 494 g/mol. The molecule has 1 heterocycles. The highest BCUT2D eigenvalue weighted by Crippen LogP contribution is 2.45. The van der Waals surface area contributed by atoms with E-state index in [1.807, 2.05) is 0 Å². The van der Waals surface area contributed by atoms with E-state index in [9.17, 15) is 9.18 Å². The molecular formula is C20H17BrFN3O4S. The lowest BCUT2D eigenvalue weighted by Crippen LogP contribution is -2.11. The number of methoxy groups -OCH3 is 3. The van der Waals surface area contributed by atoms with Crippen LogP contribution < -0.4 is 19.5 Å². The smallest absolute Gasteiger partial charge is 0.257 e. The molecule has 10 heteroatoms. The Bertz CT molecular complexity index is 1100. The van der Waals surface area contributed by atoms with Gasteiger partial charge in [0.15, 0.2) is 11.5 Å². The van der Waals surface area contributed by atoms with Crippen molar-refractivity contribution >= 4 is 50.5 Å². The number of halogens is 2. The van der Waals surface area contributed by atoms with Crippen molar-refractivity contribution in [2.24, 2.45) is 0 Å². The Balaban J connectivity index is 1.80. The van der Waals surface area contributed by atoms with Crippen molar-refractivity contribution in [3.63, 3.8) is 0 Å². The molecule has 30 heavy (non-hydrogen) atoms. The molecule has 0 saturated carbocycles. The van der Waals surface area contributed by atoms with E-state index in [0.717, 1.165) is 11.6 Å². The Labute approximate surface area is 184 Å². The van der Waals surface area contributed by atoms with Gasteiger partial charge in [-0.05, 0) is 51.8 Å². The highest BCUT2D eigenvalue weighted by Gasteiger charge is 2.18. The van der Waals surface area contributed by atoms with Crippen LogP contribution in [0.5, 0.6) is 17.2 Å². The average Bonchev–Trinajstić information content (AvgIpc) is 3.19. The normalized spacial score (nSPS) is 10.8. The van der Waals surface area contributed by atoms with Crippen LogP contribution in [0, 0.1) is 5.82 Å². The molecule has 0 aliphatic carbocycles. The minimum atomic E-state index is -0.487. The fourth-order valence-electron chi connectivity index (χ4n) is 2.57. The lowest BCUT2D eigenvalue weighted by molar-refractivity contribution is 0.102. The molecule has 3 rings (SSSR count). The number of nitrogens with zero attached hydrogens (tertiary/aromatic N) is 2. The van der Waals surface area contributed by atoms with Gasteiger partial charge >= 0.3 is 0 Å². The maximum absolute atomic E-state index is 13.3. The Morgan fingerprint density at radius 1 is 1.10 bits per heavy atom. The summed E-state index contributed by atoms with van der Waals surface area (Å²) in [6.07, 6.45) is 3.54. The Hall–Kier alpha value is -2.98. The molecule has 0 fully saturated rings. The van der Waals surface area contributed by atoms with E-state index in [0.29, 0.717) is 31.9 Å². The van der Waals surface area contributed by atoms with Crippen LogP contribution in [0.2, 0.25) is 0 Å². The predicted molar refractivity (Wildman–Crippen MR) is 117 cm³/mol. The largest absolute Gasteiger partial charge is 0.493 e. The molecule has 0 saturated heterocycles. The van der Waals surface area contributed by atoms with Crippen LogP contribution in [-0.2, 0) is 0 Å². The molecule has 3 aromatic rings. The maximum Gasteiger partial charge on any atom is 0.257 e. The molecule has 0 aliphatic heterocycles. The summed E-state index contributed by atoms with van der Waals surface area (Å²) in [7, 11) is 4.61. The van der Waals surface area contributed by atoms with Crippen LogP contribution in [0.1, 0.15) is 20.9 Å². The second kappa shape index (κ2) is 9.68. The first-order valence-electron chi connectivity index (χ1n) is 8.53. The van der Waals surface area contributed by atoms with Crippen molar-refractivity contribution in [1.29, 1.82) is 0 Å². The van der Waals surface area contributed by atoms with Crippen LogP contribution in [0.25, 0.3) is 12.2 Å².